The molecule has 8 nitrogen and oxygen atoms in total. The van der Waals surface area contributed by atoms with Gasteiger partial charge in [-0.05, 0) is 88.0 Å². The van der Waals surface area contributed by atoms with Gasteiger partial charge in [-0.25, -0.2) is 4.79 Å². The summed E-state index contributed by atoms with van der Waals surface area (Å²) in [4.78, 5) is 32.3. The average molecular weight is 546 g/mol. The molecule has 2 aromatic rings. The molecule has 3 saturated heterocycles. The number of hydrogen-bond donors (Lipinski definition) is 3. The summed E-state index contributed by atoms with van der Waals surface area (Å²) >= 11 is 1.58. The Kier molecular flexibility index (Phi) is 6.53. The second-order valence-corrected chi connectivity index (χ2v) is 12.5. The van der Waals surface area contributed by atoms with Crippen molar-refractivity contribution in [1.82, 2.24) is 20.9 Å². The number of carbonyl (C=O) groups excluding carboxylic acids is 2. The molecular weight excluding hydrogens is 510 g/mol. The number of para-hydroxylation sites is 1. The monoisotopic (exact) mass is 545 g/mol. The van der Waals surface area contributed by atoms with E-state index in [1.54, 1.807) is 11.8 Å². The molecule has 3 amide bonds. The van der Waals surface area contributed by atoms with Crippen LogP contribution < -0.4 is 25.6 Å². The van der Waals surface area contributed by atoms with Crippen molar-refractivity contribution in [2.45, 2.75) is 62.5 Å². The molecule has 3 unspecified atom stereocenters. The minimum absolute atomic E-state index is 0.0163. The molecule has 4 heterocycles. The van der Waals surface area contributed by atoms with Crippen molar-refractivity contribution in [1.29, 1.82) is 0 Å². The van der Waals surface area contributed by atoms with Crippen LogP contribution in [0.5, 0.6) is 11.5 Å². The first-order chi connectivity index (χ1) is 19.0. The van der Waals surface area contributed by atoms with E-state index in [9.17, 15) is 9.59 Å². The molecule has 5 aliphatic rings. The predicted molar refractivity (Wildman–Crippen MR) is 153 cm³/mol. The fourth-order valence-corrected chi connectivity index (χ4v) is 8.03. The summed E-state index contributed by atoms with van der Waals surface area (Å²) in [5, 5.41) is 10.1. The van der Waals surface area contributed by atoms with Crippen LogP contribution >= 0.6 is 11.8 Å². The van der Waals surface area contributed by atoms with Gasteiger partial charge < -0.3 is 20.7 Å². The Balaban J connectivity index is 1.11. The molecule has 0 spiro atoms. The molecule has 3 N–H and O–H groups in total. The van der Waals surface area contributed by atoms with Crippen LogP contribution in [-0.4, -0.2) is 60.0 Å². The number of anilines is 1. The average Bonchev–Trinajstić information content (AvgIpc) is 3.73. The Morgan fingerprint density at radius 2 is 1.92 bits per heavy atom. The van der Waals surface area contributed by atoms with E-state index >= 15 is 0 Å². The standard InChI is InChI=1S/C30H35N5O3S/c1-18-16-22(38-21-7-3-2-4-8-21)11-12-23(18)35-24-13-14-31-29-25(24)26(33-30(35)37)27(39-29)28(36)32-19-6-5-15-34(17-19)20-9-10-20/h2-4,7-8,11-12,16,19-20,24-25,29,31H,5-6,9-10,13-15,17H2,1H3,(H,32,36)(H,33,37)/t19-,24?,25?,29?/m1/s1. The lowest BCUT2D eigenvalue weighted by atomic mass is 9.86. The Labute approximate surface area is 233 Å². The summed E-state index contributed by atoms with van der Waals surface area (Å²) in [6.45, 7) is 4.89. The molecule has 4 aliphatic heterocycles. The van der Waals surface area contributed by atoms with E-state index in [2.05, 4.69) is 20.9 Å². The van der Waals surface area contributed by atoms with Gasteiger partial charge in [0.15, 0.2) is 0 Å². The van der Waals surface area contributed by atoms with Crippen LogP contribution in [0, 0.1) is 12.8 Å². The summed E-state index contributed by atoms with van der Waals surface area (Å²) in [5.74, 6) is 1.51. The lowest BCUT2D eigenvalue weighted by Crippen LogP contribution is -2.62. The number of thioether (sulfide) groups is 1. The topological polar surface area (TPSA) is 85.9 Å². The molecule has 1 saturated carbocycles. The molecule has 39 heavy (non-hydrogen) atoms. The summed E-state index contributed by atoms with van der Waals surface area (Å²) in [6.07, 6.45) is 5.53. The Bertz CT molecular complexity index is 1310. The van der Waals surface area contributed by atoms with E-state index in [0.717, 1.165) is 67.3 Å². The van der Waals surface area contributed by atoms with Gasteiger partial charge in [0.05, 0.1) is 16.3 Å². The molecule has 1 aliphatic carbocycles. The van der Waals surface area contributed by atoms with E-state index in [-0.39, 0.29) is 35.3 Å². The van der Waals surface area contributed by atoms with Gasteiger partial charge in [0.1, 0.15) is 11.5 Å². The summed E-state index contributed by atoms with van der Waals surface area (Å²) in [6, 6.07) is 16.3. The van der Waals surface area contributed by atoms with Gasteiger partial charge in [-0.1, -0.05) is 30.0 Å². The zero-order valence-electron chi connectivity index (χ0n) is 22.2. The summed E-state index contributed by atoms with van der Waals surface area (Å²) in [7, 11) is 0. The van der Waals surface area contributed by atoms with Gasteiger partial charge in [-0.2, -0.15) is 0 Å². The Hall–Kier alpha value is -3.01. The van der Waals surface area contributed by atoms with Gasteiger partial charge >= 0.3 is 6.03 Å². The van der Waals surface area contributed by atoms with Crippen LogP contribution in [-0.2, 0) is 4.79 Å². The number of nitrogens with zero attached hydrogens (tertiary/aromatic N) is 2. The highest BCUT2D eigenvalue weighted by Crippen LogP contribution is 2.48. The number of rotatable bonds is 6. The highest BCUT2D eigenvalue weighted by molar-refractivity contribution is 8.04. The normalized spacial score (nSPS) is 28.6. The van der Waals surface area contributed by atoms with Crippen molar-refractivity contribution in [3.05, 3.63) is 64.7 Å². The zero-order chi connectivity index (χ0) is 26.5. The van der Waals surface area contributed by atoms with Gasteiger partial charge in [-0.15, -0.1) is 0 Å². The van der Waals surface area contributed by atoms with E-state index in [1.807, 2.05) is 60.4 Å². The number of benzene rings is 2. The second-order valence-electron chi connectivity index (χ2n) is 11.3. The third-order valence-corrected chi connectivity index (χ3v) is 9.96. The van der Waals surface area contributed by atoms with Gasteiger partial charge in [0.2, 0.25) is 0 Å². The lowest BCUT2D eigenvalue weighted by molar-refractivity contribution is -0.117. The van der Waals surface area contributed by atoms with Crippen LogP contribution in [0.15, 0.2) is 59.1 Å². The number of piperidine rings is 2. The molecule has 0 radical (unpaired) electrons. The van der Waals surface area contributed by atoms with Gasteiger partial charge in [0.25, 0.3) is 5.91 Å². The van der Waals surface area contributed by atoms with Crippen LogP contribution in [0.4, 0.5) is 10.5 Å². The van der Waals surface area contributed by atoms with Crippen LogP contribution in [0.25, 0.3) is 0 Å². The number of likely N-dealkylation sites (tertiary alicyclic amines) is 1. The van der Waals surface area contributed by atoms with E-state index in [1.165, 1.54) is 12.8 Å². The number of aryl methyl sites for hydroxylation is 1. The maximum absolute atomic E-state index is 13.6. The highest BCUT2D eigenvalue weighted by Gasteiger charge is 2.52. The number of ether oxygens (including phenoxy) is 1. The first kappa shape index (κ1) is 25.0. The smallest absolute Gasteiger partial charge is 0.326 e. The van der Waals surface area contributed by atoms with Crippen molar-refractivity contribution in [3.63, 3.8) is 0 Å². The number of carbonyl (C=O) groups is 2. The number of urea groups is 1. The van der Waals surface area contributed by atoms with Crippen molar-refractivity contribution in [2.75, 3.05) is 24.5 Å². The molecule has 204 valence electrons. The molecule has 0 bridgehead atoms. The minimum atomic E-state index is -0.169. The van der Waals surface area contributed by atoms with Crippen LogP contribution in [0.2, 0.25) is 0 Å². The van der Waals surface area contributed by atoms with E-state index < -0.39 is 0 Å². The number of nitrogens with one attached hydrogen (secondary N) is 3. The van der Waals surface area contributed by atoms with Crippen molar-refractivity contribution in [2.24, 2.45) is 5.92 Å². The SMILES string of the molecule is Cc1cc(Oc2ccccc2)ccc1N1C(=O)NC2=C(C(=O)N[C@@H]3CCCN(C4CC4)C3)SC3NCCC1C23. The van der Waals surface area contributed by atoms with Crippen molar-refractivity contribution >= 4 is 29.4 Å². The zero-order valence-corrected chi connectivity index (χ0v) is 23.0. The maximum atomic E-state index is 13.6. The minimum Gasteiger partial charge on any atom is -0.457 e. The third-order valence-electron chi connectivity index (χ3n) is 8.61. The largest absolute Gasteiger partial charge is 0.457 e. The molecule has 0 aromatic heterocycles. The fraction of sp³-hybridized carbons (Fsp3) is 0.467. The fourth-order valence-electron chi connectivity index (χ4n) is 6.63. The van der Waals surface area contributed by atoms with Crippen LogP contribution in [0.3, 0.4) is 0 Å². The van der Waals surface area contributed by atoms with Crippen molar-refractivity contribution < 1.29 is 14.3 Å². The van der Waals surface area contributed by atoms with Crippen molar-refractivity contribution in [3.8, 4) is 11.5 Å². The predicted octanol–water partition coefficient (Wildman–Crippen LogP) is 4.32. The summed E-state index contributed by atoms with van der Waals surface area (Å²) < 4.78 is 6.02. The highest BCUT2D eigenvalue weighted by atomic mass is 32.2. The molecule has 7 rings (SSSR count). The summed E-state index contributed by atoms with van der Waals surface area (Å²) in [5.41, 5.74) is 2.64. The molecule has 9 heteroatoms. The quantitative estimate of drug-likeness (QED) is 0.501. The first-order valence-electron chi connectivity index (χ1n) is 14.2. The molecule has 4 atom stereocenters. The van der Waals surface area contributed by atoms with Gasteiger partial charge in [0, 0.05) is 35.9 Å². The van der Waals surface area contributed by atoms with E-state index in [0.29, 0.717) is 10.9 Å². The maximum Gasteiger partial charge on any atom is 0.326 e. The number of amides is 3. The van der Waals surface area contributed by atoms with E-state index in [4.69, 9.17) is 4.74 Å². The molecule has 4 fully saturated rings. The molecule has 2 aromatic carbocycles. The van der Waals surface area contributed by atoms with Gasteiger partial charge in [-0.3, -0.25) is 14.6 Å². The Morgan fingerprint density at radius 1 is 1.08 bits per heavy atom. The number of hydrogen-bond acceptors (Lipinski definition) is 6. The van der Waals surface area contributed by atoms with Crippen LogP contribution in [0.1, 0.15) is 37.7 Å². The third kappa shape index (κ3) is 4.81. The Morgan fingerprint density at radius 3 is 2.72 bits per heavy atom. The second kappa shape index (κ2) is 10.2. The first-order valence-corrected chi connectivity index (χ1v) is 15.1. The molecular formula is C30H35N5O3S. The lowest BCUT2D eigenvalue weighted by Gasteiger charge is -2.46.